The van der Waals surface area contributed by atoms with Crippen molar-refractivity contribution in [3.05, 3.63) is 29.3 Å². The van der Waals surface area contributed by atoms with Crippen LogP contribution in [0.2, 0.25) is 0 Å². The van der Waals surface area contributed by atoms with Crippen molar-refractivity contribution in [1.82, 2.24) is 4.90 Å². The number of anilines is 1. The minimum absolute atomic E-state index is 0.141. The minimum atomic E-state index is 0.141. The summed E-state index contributed by atoms with van der Waals surface area (Å²) in [4.78, 5) is 5.14. The van der Waals surface area contributed by atoms with Crippen LogP contribution in [0.15, 0.2) is 18.2 Å². The van der Waals surface area contributed by atoms with Crippen molar-refractivity contribution in [3.8, 4) is 0 Å². The molecule has 3 nitrogen and oxygen atoms in total. The molecule has 2 saturated heterocycles. The third-order valence-electron chi connectivity index (χ3n) is 4.82. The number of piperidine rings is 1. The molecule has 1 N–H and O–H groups in total. The average Bonchev–Trinajstić information content (AvgIpc) is 2.97. The number of rotatable bonds is 3. The van der Waals surface area contributed by atoms with Gasteiger partial charge in [-0.05, 0) is 45.3 Å². The second-order valence-electron chi connectivity index (χ2n) is 6.28. The maximum absolute atomic E-state index is 9.58. The summed E-state index contributed by atoms with van der Waals surface area (Å²) >= 11 is 0. The Balaban J connectivity index is 1.70. The number of aliphatic hydroxyl groups excluding tert-OH is 1. The molecule has 2 aliphatic heterocycles. The van der Waals surface area contributed by atoms with Gasteiger partial charge in [-0.2, -0.15) is 0 Å². The highest BCUT2D eigenvalue weighted by Crippen LogP contribution is 2.28. The molecule has 0 bridgehead atoms. The summed E-state index contributed by atoms with van der Waals surface area (Å²) in [5.41, 5.74) is 3.53. The summed E-state index contributed by atoms with van der Waals surface area (Å²) in [6.45, 7) is 7.02. The molecule has 110 valence electrons. The lowest BCUT2D eigenvalue weighted by Crippen LogP contribution is -2.40. The lowest BCUT2D eigenvalue weighted by molar-refractivity contribution is 0.175. The van der Waals surface area contributed by atoms with E-state index in [2.05, 4.69) is 34.9 Å². The first-order valence-corrected chi connectivity index (χ1v) is 7.97. The van der Waals surface area contributed by atoms with E-state index in [9.17, 15) is 5.11 Å². The lowest BCUT2D eigenvalue weighted by Gasteiger charge is -2.32. The van der Waals surface area contributed by atoms with Crippen LogP contribution in [0.4, 0.5) is 5.69 Å². The molecule has 1 atom stereocenters. The van der Waals surface area contributed by atoms with Crippen LogP contribution >= 0.6 is 0 Å². The summed E-state index contributed by atoms with van der Waals surface area (Å²) in [6, 6.07) is 7.16. The SMILES string of the molecule is Cc1ccc(N2CCC(N3CCCCC3)C2)c(CO)c1. The Morgan fingerprint density at radius 1 is 1.15 bits per heavy atom. The van der Waals surface area contributed by atoms with Crippen LogP contribution in [-0.4, -0.2) is 42.2 Å². The summed E-state index contributed by atoms with van der Waals surface area (Å²) in [6.07, 6.45) is 5.39. The van der Waals surface area contributed by atoms with Crippen LogP contribution in [0.3, 0.4) is 0 Å². The van der Waals surface area contributed by atoms with E-state index < -0.39 is 0 Å². The van der Waals surface area contributed by atoms with Gasteiger partial charge in [0.15, 0.2) is 0 Å². The van der Waals surface area contributed by atoms with E-state index >= 15 is 0 Å². The Morgan fingerprint density at radius 3 is 2.70 bits per heavy atom. The van der Waals surface area contributed by atoms with Crippen LogP contribution in [0.25, 0.3) is 0 Å². The monoisotopic (exact) mass is 274 g/mol. The number of hydrogen-bond donors (Lipinski definition) is 1. The highest BCUT2D eigenvalue weighted by Gasteiger charge is 2.29. The number of nitrogens with zero attached hydrogens (tertiary/aromatic N) is 2. The highest BCUT2D eigenvalue weighted by molar-refractivity contribution is 5.55. The van der Waals surface area contributed by atoms with E-state index in [4.69, 9.17) is 0 Å². The standard InChI is InChI=1S/C17H26N2O/c1-14-5-6-17(15(11-14)13-20)19-10-7-16(12-19)18-8-3-2-4-9-18/h5-6,11,16,20H,2-4,7-10,12-13H2,1H3. The van der Waals surface area contributed by atoms with E-state index in [1.807, 2.05) is 0 Å². The number of benzene rings is 1. The number of likely N-dealkylation sites (tertiary alicyclic amines) is 1. The topological polar surface area (TPSA) is 26.7 Å². The fraction of sp³-hybridized carbons (Fsp3) is 0.647. The van der Waals surface area contributed by atoms with Gasteiger partial charge < -0.3 is 10.0 Å². The predicted molar refractivity (Wildman–Crippen MR) is 83.1 cm³/mol. The van der Waals surface area contributed by atoms with E-state index in [1.165, 1.54) is 50.0 Å². The second-order valence-corrected chi connectivity index (χ2v) is 6.28. The normalized spacial score (nSPS) is 24.3. The summed E-state index contributed by atoms with van der Waals surface area (Å²) < 4.78 is 0. The zero-order valence-corrected chi connectivity index (χ0v) is 12.5. The Hall–Kier alpha value is -1.06. The largest absolute Gasteiger partial charge is 0.392 e. The summed E-state index contributed by atoms with van der Waals surface area (Å²) in [5, 5.41) is 9.58. The first-order valence-electron chi connectivity index (χ1n) is 7.97. The van der Waals surface area contributed by atoms with Crippen molar-refractivity contribution in [2.24, 2.45) is 0 Å². The van der Waals surface area contributed by atoms with Crippen molar-refractivity contribution >= 4 is 5.69 Å². The first-order chi connectivity index (χ1) is 9.78. The Kier molecular flexibility index (Phi) is 4.27. The van der Waals surface area contributed by atoms with Crippen LogP contribution < -0.4 is 4.90 Å². The zero-order chi connectivity index (χ0) is 13.9. The Morgan fingerprint density at radius 2 is 1.95 bits per heavy atom. The second kappa shape index (κ2) is 6.15. The first kappa shape index (κ1) is 13.9. The van der Waals surface area contributed by atoms with Gasteiger partial charge in [-0.1, -0.05) is 24.1 Å². The third kappa shape index (κ3) is 2.84. The number of aryl methyl sites for hydroxylation is 1. The molecule has 0 spiro atoms. The van der Waals surface area contributed by atoms with E-state index in [1.54, 1.807) is 0 Å². The molecular weight excluding hydrogens is 248 g/mol. The van der Waals surface area contributed by atoms with Crippen LogP contribution in [0.5, 0.6) is 0 Å². The molecule has 2 aliphatic rings. The molecule has 20 heavy (non-hydrogen) atoms. The minimum Gasteiger partial charge on any atom is -0.392 e. The molecule has 3 heteroatoms. The van der Waals surface area contributed by atoms with Gasteiger partial charge in [0.05, 0.1) is 6.61 Å². The van der Waals surface area contributed by atoms with Gasteiger partial charge in [0.1, 0.15) is 0 Å². The fourth-order valence-electron chi connectivity index (χ4n) is 3.69. The lowest BCUT2D eigenvalue weighted by atomic mass is 10.1. The molecule has 0 saturated carbocycles. The quantitative estimate of drug-likeness (QED) is 0.917. The van der Waals surface area contributed by atoms with E-state index in [0.29, 0.717) is 6.04 Å². The van der Waals surface area contributed by atoms with E-state index in [-0.39, 0.29) is 6.61 Å². The fourth-order valence-corrected chi connectivity index (χ4v) is 3.69. The van der Waals surface area contributed by atoms with Crippen LogP contribution in [-0.2, 0) is 6.61 Å². The van der Waals surface area contributed by atoms with Gasteiger partial charge in [-0.25, -0.2) is 0 Å². The van der Waals surface area contributed by atoms with Gasteiger partial charge in [-0.3, -0.25) is 4.90 Å². The molecule has 0 aliphatic carbocycles. The van der Waals surface area contributed by atoms with Gasteiger partial charge in [0.2, 0.25) is 0 Å². The number of aliphatic hydroxyl groups is 1. The van der Waals surface area contributed by atoms with Gasteiger partial charge >= 0.3 is 0 Å². The van der Waals surface area contributed by atoms with Crippen LogP contribution in [0, 0.1) is 6.92 Å². The smallest absolute Gasteiger partial charge is 0.0702 e. The molecule has 2 fully saturated rings. The Bertz CT molecular complexity index is 454. The summed E-state index contributed by atoms with van der Waals surface area (Å²) in [7, 11) is 0. The molecule has 0 radical (unpaired) electrons. The van der Waals surface area contributed by atoms with Gasteiger partial charge in [0, 0.05) is 30.4 Å². The van der Waals surface area contributed by atoms with Crippen molar-refractivity contribution in [3.63, 3.8) is 0 Å². The van der Waals surface area contributed by atoms with Gasteiger partial charge in [-0.15, -0.1) is 0 Å². The van der Waals surface area contributed by atoms with Crippen molar-refractivity contribution in [2.45, 2.75) is 45.3 Å². The molecular formula is C17H26N2O. The number of hydrogen-bond acceptors (Lipinski definition) is 3. The Labute approximate surface area is 122 Å². The van der Waals surface area contributed by atoms with Crippen molar-refractivity contribution in [2.75, 3.05) is 31.1 Å². The highest BCUT2D eigenvalue weighted by atomic mass is 16.3. The molecule has 1 aromatic carbocycles. The van der Waals surface area contributed by atoms with E-state index in [0.717, 1.165) is 18.7 Å². The maximum Gasteiger partial charge on any atom is 0.0702 e. The molecule has 0 amide bonds. The van der Waals surface area contributed by atoms with Crippen LogP contribution in [0.1, 0.15) is 36.8 Å². The molecule has 1 aromatic rings. The maximum atomic E-state index is 9.58. The molecule has 0 aromatic heterocycles. The molecule has 2 heterocycles. The third-order valence-corrected chi connectivity index (χ3v) is 4.82. The molecule has 3 rings (SSSR count). The molecule has 1 unspecified atom stereocenters. The van der Waals surface area contributed by atoms with Crippen molar-refractivity contribution < 1.29 is 5.11 Å². The van der Waals surface area contributed by atoms with Gasteiger partial charge in [0.25, 0.3) is 0 Å². The predicted octanol–water partition coefficient (Wildman–Crippen LogP) is 2.55. The zero-order valence-electron chi connectivity index (χ0n) is 12.5. The average molecular weight is 274 g/mol. The van der Waals surface area contributed by atoms with Crippen molar-refractivity contribution in [1.29, 1.82) is 0 Å². The summed E-state index contributed by atoms with van der Waals surface area (Å²) in [5.74, 6) is 0.